The fourth-order valence-corrected chi connectivity index (χ4v) is 2.53. The largest absolute Gasteiger partial charge is 0.433 e. The van der Waals surface area contributed by atoms with E-state index in [2.05, 4.69) is 15.1 Å². The fraction of sp³-hybridized carbons (Fsp3) is 0.429. The topological polar surface area (TPSA) is 67.2 Å². The second-order valence-corrected chi connectivity index (χ2v) is 5.44. The lowest BCUT2D eigenvalue weighted by Crippen LogP contribution is -2.49. The standard InChI is InChI=1S/C14H15F3N6O/c1-21-8-10(7-20-21)13(24)23-4-2-22(3-5-23)12-6-11(14(15,16)17)18-9-19-12/h6-9H,2-5H2,1H3. The van der Waals surface area contributed by atoms with Crippen molar-refractivity contribution in [2.24, 2.45) is 7.05 Å². The van der Waals surface area contributed by atoms with Gasteiger partial charge in [0.2, 0.25) is 0 Å². The molecule has 1 fully saturated rings. The summed E-state index contributed by atoms with van der Waals surface area (Å²) in [6, 6.07) is 0.929. The van der Waals surface area contributed by atoms with Crippen molar-refractivity contribution < 1.29 is 18.0 Å². The van der Waals surface area contributed by atoms with E-state index in [0.717, 1.165) is 12.4 Å². The lowest BCUT2D eigenvalue weighted by atomic mass is 10.2. The Morgan fingerprint density at radius 1 is 1.17 bits per heavy atom. The van der Waals surface area contributed by atoms with Crippen LogP contribution >= 0.6 is 0 Å². The molecule has 0 aliphatic carbocycles. The summed E-state index contributed by atoms with van der Waals surface area (Å²) >= 11 is 0. The van der Waals surface area contributed by atoms with E-state index in [-0.39, 0.29) is 11.7 Å². The van der Waals surface area contributed by atoms with Crippen LogP contribution in [0.3, 0.4) is 0 Å². The van der Waals surface area contributed by atoms with Gasteiger partial charge in [-0.3, -0.25) is 9.48 Å². The highest BCUT2D eigenvalue weighted by Gasteiger charge is 2.33. The van der Waals surface area contributed by atoms with Gasteiger partial charge in [-0.1, -0.05) is 0 Å². The Morgan fingerprint density at radius 2 is 1.88 bits per heavy atom. The first kappa shape index (κ1) is 16.2. The highest BCUT2D eigenvalue weighted by Crippen LogP contribution is 2.29. The second kappa shape index (κ2) is 6.10. The number of rotatable bonds is 2. The van der Waals surface area contributed by atoms with E-state index in [4.69, 9.17) is 0 Å². The predicted octanol–water partition coefficient (Wildman–Crippen LogP) is 1.19. The molecule has 3 heterocycles. The number of carbonyl (C=O) groups excluding carboxylic acids is 1. The number of hydrogen-bond acceptors (Lipinski definition) is 5. The van der Waals surface area contributed by atoms with E-state index in [1.54, 1.807) is 27.7 Å². The maximum absolute atomic E-state index is 12.7. The molecule has 0 aromatic carbocycles. The van der Waals surface area contributed by atoms with Crippen LogP contribution in [0.5, 0.6) is 0 Å². The Kier molecular flexibility index (Phi) is 4.12. The fourth-order valence-electron chi connectivity index (χ4n) is 2.53. The molecular formula is C14H15F3N6O. The number of alkyl halides is 3. The van der Waals surface area contributed by atoms with Gasteiger partial charge in [-0.15, -0.1) is 0 Å². The number of halogens is 3. The van der Waals surface area contributed by atoms with Gasteiger partial charge in [-0.05, 0) is 0 Å². The van der Waals surface area contributed by atoms with Crippen LogP contribution in [0.15, 0.2) is 24.8 Å². The third-order valence-corrected chi connectivity index (χ3v) is 3.79. The van der Waals surface area contributed by atoms with Gasteiger partial charge in [0.25, 0.3) is 5.91 Å². The van der Waals surface area contributed by atoms with E-state index < -0.39 is 11.9 Å². The van der Waals surface area contributed by atoms with Gasteiger partial charge in [-0.2, -0.15) is 18.3 Å². The molecule has 128 valence electrons. The SMILES string of the molecule is Cn1cc(C(=O)N2CCN(c3cc(C(F)(F)F)ncn3)CC2)cn1. The summed E-state index contributed by atoms with van der Waals surface area (Å²) in [5, 5.41) is 3.96. The van der Waals surface area contributed by atoms with Crippen LogP contribution in [0.4, 0.5) is 19.0 Å². The number of carbonyl (C=O) groups is 1. The molecule has 1 saturated heterocycles. The quantitative estimate of drug-likeness (QED) is 0.822. The van der Waals surface area contributed by atoms with Crippen molar-refractivity contribution in [2.75, 3.05) is 31.1 Å². The van der Waals surface area contributed by atoms with E-state index in [1.807, 2.05) is 0 Å². The minimum atomic E-state index is -4.50. The van der Waals surface area contributed by atoms with Crippen LogP contribution in [0.25, 0.3) is 0 Å². The lowest BCUT2D eigenvalue weighted by molar-refractivity contribution is -0.141. The molecule has 0 radical (unpaired) electrons. The van der Waals surface area contributed by atoms with Gasteiger partial charge in [0, 0.05) is 45.5 Å². The summed E-state index contributed by atoms with van der Waals surface area (Å²) in [4.78, 5) is 22.8. The van der Waals surface area contributed by atoms with E-state index in [1.165, 1.54) is 6.20 Å². The Morgan fingerprint density at radius 3 is 2.46 bits per heavy atom. The van der Waals surface area contributed by atoms with Crippen molar-refractivity contribution in [3.63, 3.8) is 0 Å². The second-order valence-electron chi connectivity index (χ2n) is 5.44. The molecule has 2 aromatic rings. The first-order valence-electron chi connectivity index (χ1n) is 7.27. The molecule has 0 N–H and O–H groups in total. The van der Waals surface area contributed by atoms with Crippen molar-refractivity contribution >= 4 is 11.7 Å². The normalized spacial score (nSPS) is 15.7. The molecule has 0 saturated carbocycles. The number of amides is 1. The Hall–Kier alpha value is -2.65. The number of aromatic nitrogens is 4. The summed E-state index contributed by atoms with van der Waals surface area (Å²) in [6.45, 7) is 1.61. The van der Waals surface area contributed by atoms with Crippen LogP contribution < -0.4 is 4.90 Å². The molecule has 0 unspecified atom stereocenters. The highest BCUT2D eigenvalue weighted by molar-refractivity contribution is 5.93. The molecule has 0 atom stereocenters. The number of hydrogen-bond donors (Lipinski definition) is 0. The monoisotopic (exact) mass is 340 g/mol. The molecule has 10 heteroatoms. The average molecular weight is 340 g/mol. The first-order valence-corrected chi connectivity index (χ1v) is 7.27. The van der Waals surface area contributed by atoms with Gasteiger partial charge in [0.05, 0.1) is 11.8 Å². The molecule has 2 aromatic heterocycles. The third kappa shape index (κ3) is 3.31. The summed E-state index contributed by atoms with van der Waals surface area (Å²) in [7, 11) is 1.72. The molecule has 7 nitrogen and oxygen atoms in total. The molecule has 1 aliphatic rings. The van der Waals surface area contributed by atoms with Crippen molar-refractivity contribution in [3.05, 3.63) is 36.0 Å². The number of piperazine rings is 1. The van der Waals surface area contributed by atoms with Crippen molar-refractivity contribution in [1.29, 1.82) is 0 Å². The zero-order valence-electron chi connectivity index (χ0n) is 12.9. The number of anilines is 1. The summed E-state index contributed by atoms with van der Waals surface area (Å²) in [5.41, 5.74) is -0.478. The van der Waals surface area contributed by atoms with Crippen LogP contribution in [-0.4, -0.2) is 56.7 Å². The molecular weight excluding hydrogens is 325 g/mol. The Bertz CT molecular complexity index is 736. The van der Waals surface area contributed by atoms with Gasteiger partial charge in [0.15, 0.2) is 0 Å². The van der Waals surface area contributed by atoms with Crippen molar-refractivity contribution in [1.82, 2.24) is 24.6 Å². The predicted molar refractivity (Wildman–Crippen MR) is 78.4 cm³/mol. The van der Waals surface area contributed by atoms with Crippen LogP contribution in [0.1, 0.15) is 16.1 Å². The number of aryl methyl sites for hydroxylation is 1. The van der Waals surface area contributed by atoms with Gasteiger partial charge < -0.3 is 9.80 Å². The zero-order valence-corrected chi connectivity index (χ0v) is 12.9. The molecule has 24 heavy (non-hydrogen) atoms. The summed E-state index contributed by atoms with van der Waals surface area (Å²) in [6.07, 6.45) is -0.468. The van der Waals surface area contributed by atoms with E-state index >= 15 is 0 Å². The van der Waals surface area contributed by atoms with E-state index in [9.17, 15) is 18.0 Å². The minimum absolute atomic E-state index is 0.138. The van der Waals surface area contributed by atoms with Gasteiger partial charge in [0.1, 0.15) is 17.8 Å². The van der Waals surface area contributed by atoms with E-state index in [0.29, 0.717) is 31.7 Å². The van der Waals surface area contributed by atoms with Crippen LogP contribution in [0, 0.1) is 0 Å². The smallest absolute Gasteiger partial charge is 0.353 e. The summed E-state index contributed by atoms with van der Waals surface area (Å²) < 4.78 is 39.7. The van der Waals surface area contributed by atoms with Crippen molar-refractivity contribution in [3.8, 4) is 0 Å². The van der Waals surface area contributed by atoms with Crippen LogP contribution in [0.2, 0.25) is 0 Å². The average Bonchev–Trinajstić information content (AvgIpc) is 3.00. The number of nitrogens with zero attached hydrogens (tertiary/aromatic N) is 6. The van der Waals surface area contributed by atoms with Gasteiger partial charge >= 0.3 is 6.18 Å². The molecule has 0 spiro atoms. The Labute approximate surface area is 135 Å². The van der Waals surface area contributed by atoms with Crippen LogP contribution in [-0.2, 0) is 13.2 Å². The lowest BCUT2D eigenvalue weighted by Gasteiger charge is -2.35. The third-order valence-electron chi connectivity index (χ3n) is 3.79. The highest BCUT2D eigenvalue weighted by atomic mass is 19.4. The Balaban J connectivity index is 1.66. The molecule has 1 amide bonds. The minimum Gasteiger partial charge on any atom is -0.353 e. The van der Waals surface area contributed by atoms with Crippen molar-refractivity contribution in [2.45, 2.75) is 6.18 Å². The molecule has 0 bridgehead atoms. The molecule has 1 aliphatic heterocycles. The first-order chi connectivity index (χ1) is 11.3. The maximum atomic E-state index is 12.7. The molecule has 3 rings (SSSR count). The summed E-state index contributed by atoms with van der Waals surface area (Å²) in [5.74, 6) is 0.0761. The zero-order chi connectivity index (χ0) is 17.3. The maximum Gasteiger partial charge on any atom is 0.433 e. The van der Waals surface area contributed by atoms with Gasteiger partial charge in [-0.25, -0.2) is 9.97 Å².